The minimum absolute atomic E-state index is 0.189. The molecule has 0 bridgehead atoms. The van der Waals surface area contributed by atoms with Crippen molar-refractivity contribution in [1.29, 1.82) is 0 Å². The number of hydrogen-bond donors (Lipinski definition) is 1. The molecule has 0 fully saturated rings. The van der Waals surface area contributed by atoms with Gasteiger partial charge >= 0.3 is 6.36 Å². The molecule has 1 heterocycles. The van der Waals surface area contributed by atoms with Gasteiger partial charge in [-0.1, -0.05) is 0 Å². The summed E-state index contributed by atoms with van der Waals surface area (Å²) in [6, 6.07) is 3.52. The first-order valence-electron chi connectivity index (χ1n) is 4.19. The predicted octanol–water partition coefficient (Wildman–Crippen LogP) is 1.82. The molecule has 0 aliphatic carbocycles. The monoisotopic (exact) mass is 230 g/mol. The molecule has 2 rings (SSSR count). The van der Waals surface area contributed by atoms with Crippen molar-refractivity contribution < 1.29 is 17.9 Å². The average Bonchev–Trinajstić information content (AvgIpc) is 2.14. The van der Waals surface area contributed by atoms with Gasteiger partial charge in [-0.2, -0.15) is 0 Å². The van der Waals surface area contributed by atoms with Crippen molar-refractivity contribution >= 4 is 11.0 Å². The predicted molar refractivity (Wildman–Crippen MR) is 49.0 cm³/mol. The molecule has 16 heavy (non-hydrogen) atoms. The summed E-state index contributed by atoms with van der Waals surface area (Å²) in [7, 11) is 0. The molecule has 0 aliphatic rings. The third-order valence-electron chi connectivity index (χ3n) is 1.78. The molecule has 0 spiro atoms. The Bertz CT molecular complexity index is 577. The van der Waals surface area contributed by atoms with E-state index in [1.807, 2.05) is 0 Å². The van der Waals surface area contributed by atoms with Crippen LogP contribution in [0, 0.1) is 0 Å². The molecule has 0 amide bonds. The third-order valence-corrected chi connectivity index (χ3v) is 1.78. The van der Waals surface area contributed by atoms with Crippen LogP contribution < -0.4 is 10.3 Å². The Kier molecular flexibility index (Phi) is 2.30. The summed E-state index contributed by atoms with van der Waals surface area (Å²) in [6.45, 7) is 0. The van der Waals surface area contributed by atoms with Crippen LogP contribution in [-0.4, -0.2) is 16.3 Å². The van der Waals surface area contributed by atoms with Gasteiger partial charge in [0, 0.05) is 6.07 Å². The number of aromatic nitrogens is 2. The first-order chi connectivity index (χ1) is 7.44. The van der Waals surface area contributed by atoms with Crippen LogP contribution in [0.2, 0.25) is 0 Å². The van der Waals surface area contributed by atoms with Gasteiger partial charge in [0.25, 0.3) is 5.56 Å². The summed E-state index contributed by atoms with van der Waals surface area (Å²) in [5, 5.41) is 0. The lowest BCUT2D eigenvalue weighted by Gasteiger charge is -2.08. The summed E-state index contributed by atoms with van der Waals surface area (Å²) in [5.41, 5.74) is 0.0834. The second kappa shape index (κ2) is 3.51. The fraction of sp³-hybridized carbons (Fsp3) is 0.111. The molecule has 0 aliphatic heterocycles. The zero-order chi connectivity index (χ0) is 11.8. The van der Waals surface area contributed by atoms with E-state index in [1.165, 1.54) is 6.07 Å². The van der Waals surface area contributed by atoms with Crippen LogP contribution in [0.5, 0.6) is 5.75 Å². The summed E-state index contributed by atoms with van der Waals surface area (Å²) in [4.78, 5) is 17.0. The summed E-state index contributed by atoms with van der Waals surface area (Å²) >= 11 is 0. The van der Waals surface area contributed by atoms with Crippen molar-refractivity contribution in [2.24, 2.45) is 0 Å². The molecule has 84 valence electrons. The molecule has 1 N–H and O–H groups in total. The summed E-state index contributed by atoms with van der Waals surface area (Å²) in [6.07, 6.45) is -3.71. The maximum Gasteiger partial charge on any atom is 0.573 e. The molecule has 0 radical (unpaired) electrons. The Balaban J connectivity index is 2.47. The number of hydrogen-bond acceptors (Lipinski definition) is 3. The third kappa shape index (κ3) is 2.30. The number of alkyl halides is 3. The van der Waals surface area contributed by atoms with Gasteiger partial charge in [0.15, 0.2) is 0 Å². The topological polar surface area (TPSA) is 55.0 Å². The van der Waals surface area contributed by atoms with Crippen LogP contribution in [0.25, 0.3) is 11.0 Å². The number of H-pyrrole nitrogens is 1. The summed E-state index contributed by atoms with van der Waals surface area (Å²) < 4.78 is 39.4. The van der Waals surface area contributed by atoms with Gasteiger partial charge in [-0.05, 0) is 12.1 Å². The molecule has 0 saturated heterocycles. The quantitative estimate of drug-likeness (QED) is 0.812. The molecule has 1 aromatic heterocycles. The standard InChI is InChI=1S/C9H5F3N2O2/c10-9(11,12)16-5-1-2-6-7(3-5)14-8(15)4-13-6/h1-4H,(H,14,15). The molecule has 2 aromatic rings. The highest BCUT2D eigenvalue weighted by Gasteiger charge is 2.31. The van der Waals surface area contributed by atoms with Crippen LogP contribution in [0.15, 0.2) is 29.2 Å². The van der Waals surface area contributed by atoms with E-state index in [0.29, 0.717) is 5.52 Å². The highest BCUT2D eigenvalue weighted by Crippen LogP contribution is 2.24. The van der Waals surface area contributed by atoms with E-state index in [2.05, 4.69) is 14.7 Å². The molecule has 0 atom stereocenters. The van der Waals surface area contributed by atoms with E-state index in [1.54, 1.807) is 0 Å². The Hall–Kier alpha value is -2.05. The van der Waals surface area contributed by atoms with Gasteiger partial charge in [-0.25, -0.2) is 4.98 Å². The number of aromatic amines is 1. The lowest BCUT2D eigenvalue weighted by molar-refractivity contribution is -0.274. The lowest BCUT2D eigenvalue weighted by Crippen LogP contribution is -2.17. The van der Waals surface area contributed by atoms with E-state index < -0.39 is 17.7 Å². The van der Waals surface area contributed by atoms with Gasteiger partial charge in [0.2, 0.25) is 0 Å². The molecular weight excluding hydrogens is 225 g/mol. The van der Waals surface area contributed by atoms with E-state index in [0.717, 1.165) is 18.3 Å². The molecule has 0 saturated carbocycles. The van der Waals surface area contributed by atoms with Crippen LogP contribution in [-0.2, 0) is 0 Å². The maximum absolute atomic E-state index is 11.9. The normalized spacial score (nSPS) is 11.7. The molecule has 1 aromatic carbocycles. The lowest BCUT2D eigenvalue weighted by atomic mass is 10.3. The number of nitrogens with one attached hydrogen (secondary N) is 1. The van der Waals surface area contributed by atoms with Crippen LogP contribution in [0.3, 0.4) is 0 Å². The molecular formula is C9H5F3N2O2. The van der Waals surface area contributed by atoms with Crippen molar-refractivity contribution in [3.63, 3.8) is 0 Å². The number of halogens is 3. The number of ether oxygens (including phenoxy) is 1. The van der Waals surface area contributed by atoms with E-state index >= 15 is 0 Å². The summed E-state index contributed by atoms with van der Waals surface area (Å²) in [5.74, 6) is -0.399. The maximum atomic E-state index is 11.9. The fourth-order valence-electron chi connectivity index (χ4n) is 1.22. The van der Waals surface area contributed by atoms with Crippen molar-refractivity contribution in [3.05, 3.63) is 34.7 Å². The zero-order valence-corrected chi connectivity index (χ0v) is 7.71. The van der Waals surface area contributed by atoms with E-state index in [4.69, 9.17) is 0 Å². The zero-order valence-electron chi connectivity index (χ0n) is 7.71. The van der Waals surface area contributed by atoms with Crippen molar-refractivity contribution in [1.82, 2.24) is 9.97 Å². The highest BCUT2D eigenvalue weighted by atomic mass is 19.4. The average molecular weight is 230 g/mol. The minimum atomic E-state index is -4.75. The minimum Gasteiger partial charge on any atom is -0.406 e. The van der Waals surface area contributed by atoms with Gasteiger partial charge in [0.05, 0.1) is 17.2 Å². The Morgan fingerprint density at radius 1 is 1.31 bits per heavy atom. The first kappa shape index (κ1) is 10.5. The Morgan fingerprint density at radius 2 is 2.06 bits per heavy atom. The van der Waals surface area contributed by atoms with Crippen LogP contribution in [0.4, 0.5) is 13.2 Å². The van der Waals surface area contributed by atoms with E-state index in [-0.39, 0.29) is 5.52 Å². The van der Waals surface area contributed by atoms with Crippen LogP contribution in [0.1, 0.15) is 0 Å². The number of rotatable bonds is 1. The number of fused-ring (bicyclic) bond motifs is 1. The van der Waals surface area contributed by atoms with Gasteiger partial charge in [-0.15, -0.1) is 13.2 Å². The molecule has 7 heteroatoms. The Morgan fingerprint density at radius 3 is 2.75 bits per heavy atom. The highest BCUT2D eigenvalue weighted by molar-refractivity contribution is 5.75. The van der Waals surface area contributed by atoms with Crippen LogP contribution >= 0.6 is 0 Å². The van der Waals surface area contributed by atoms with Gasteiger partial charge in [0.1, 0.15) is 5.75 Å². The Labute approximate surface area is 86.7 Å². The van der Waals surface area contributed by atoms with Gasteiger partial charge < -0.3 is 9.72 Å². The number of benzene rings is 1. The number of nitrogens with zero attached hydrogens (tertiary/aromatic N) is 1. The SMILES string of the molecule is O=c1cnc2ccc(OC(F)(F)F)cc2[nH]1. The molecule has 0 unspecified atom stereocenters. The van der Waals surface area contributed by atoms with Crippen molar-refractivity contribution in [2.45, 2.75) is 6.36 Å². The van der Waals surface area contributed by atoms with Crippen molar-refractivity contribution in [2.75, 3.05) is 0 Å². The molecule has 4 nitrogen and oxygen atoms in total. The van der Waals surface area contributed by atoms with Gasteiger partial charge in [-0.3, -0.25) is 4.79 Å². The second-order valence-corrected chi connectivity index (χ2v) is 2.97. The van der Waals surface area contributed by atoms with Crippen molar-refractivity contribution in [3.8, 4) is 5.75 Å². The largest absolute Gasteiger partial charge is 0.573 e. The van der Waals surface area contributed by atoms with E-state index in [9.17, 15) is 18.0 Å². The fourth-order valence-corrected chi connectivity index (χ4v) is 1.22. The smallest absolute Gasteiger partial charge is 0.406 e. The first-order valence-corrected chi connectivity index (χ1v) is 4.19. The second-order valence-electron chi connectivity index (χ2n) is 2.97.